The van der Waals surface area contributed by atoms with Crippen LogP contribution in [-0.2, 0) is 12.8 Å². The molecule has 0 saturated heterocycles. The van der Waals surface area contributed by atoms with E-state index in [4.69, 9.17) is 0 Å². The zero-order chi connectivity index (χ0) is 8.67. The summed E-state index contributed by atoms with van der Waals surface area (Å²) in [6, 6.07) is 9.02. The summed E-state index contributed by atoms with van der Waals surface area (Å²) in [6.07, 6.45) is 7.17. The molecule has 0 aliphatic heterocycles. The minimum absolute atomic E-state index is 1.02. The Balaban J connectivity index is 1.97. The van der Waals surface area contributed by atoms with E-state index in [1.807, 2.05) is 0 Å². The van der Waals surface area contributed by atoms with Crippen LogP contribution in [0.3, 0.4) is 0 Å². The minimum atomic E-state index is 1.02. The molecule has 13 heavy (non-hydrogen) atoms. The molecule has 2 aliphatic rings. The van der Waals surface area contributed by atoms with Crippen LogP contribution in [0.1, 0.15) is 30.4 Å². The Morgan fingerprint density at radius 3 is 1.92 bits per heavy atom. The third-order valence-corrected chi connectivity index (χ3v) is 3.90. The van der Waals surface area contributed by atoms with E-state index in [9.17, 15) is 0 Å². The normalized spacial score (nSPS) is 31.1. The van der Waals surface area contributed by atoms with Crippen LogP contribution in [0.15, 0.2) is 24.3 Å². The second-order valence-corrected chi connectivity index (χ2v) is 4.63. The molecule has 68 valence electrons. The van der Waals surface area contributed by atoms with Crippen LogP contribution >= 0.6 is 0 Å². The maximum Gasteiger partial charge on any atom is -0.0245 e. The molecule has 2 atom stereocenters. The summed E-state index contributed by atoms with van der Waals surface area (Å²) in [5.41, 5.74) is 3.26. The van der Waals surface area contributed by atoms with Gasteiger partial charge in [-0.1, -0.05) is 30.7 Å². The Morgan fingerprint density at radius 1 is 0.846 bits per heavy atom. The molecule has 1 fully saturated rings. The molecule has 0 N–H and O–H groups in total. The Labute approximate surface area is 80.0 Å². The van der Waals surface area contributed by atoms with Gasteiger partial charge in [-0.25, -0.2) is 0 Å². The molecule has 0 spiro atoms. The summed E-state index contributed by atoms with van der Waals surface area (Å²) in [6.45, 7) is 0. The summed E-state index contributed by atoms with van der Waals surface area (Å²) in [7, 11) is 0. The van der Waals surface area contributed by atoms with Crippen LogP contribution < -0.4 is 0 Å². The predicted molar refractivity (Wildman–Crippen MR) is 54.7 cm³/mol. The highest BCUT2D eigenvalue weighted by molar-refractivity contribution is 5.30. The van der Waals surface area contributed by atoms with Gasteiger partial charge in [0.25, 0.3) is 0 Å². The van der Waals surface area contributed by atoms with E-state index in [0.717, 1.165) is 11.8 Å². The fourth-order valence-electron chi connectivity index (χ4n) is 3.17. The molecule has 1 saturated carbocycles. The maximum absolute atomic E-state index is 2.32. The topological polar surface area (TPSA) is 0 Å². The van der Waals surface area contributed by atoms with Crippen molar-refractivity contribution in [1.82, 2.24) is 0 Å². The second kappa shape index (κ2) is 2.87. The summed E-state index contributed by atoms with van der Waals surface area (Å²) in [4.78, 5) is 0. The van der Waals surface area contributed by atoms with Gasteiger partial charge in [0.2, 0.25) is 0 Å². The minimum Gasteiger partial charge on any atom is -0.0620 e. The first-order valence-corrected chi connectivity index (χ1v) is 5.50. The highest BCUT2D eigenvalue weighted by Gasteiger charge is 2.31. The van der Waals surface area contributed by atoms with Gasteiger partial charge in [-0.2, -0.15) is 0 Å². The van der Waals surface area contributed by atoms with Gasteiger partial charge in [-0.3, -0.25) is 0 Å². The molecule has 1 aromatic carbocycles. The van der Waals surface area contributed by atoms with E-state index in [2.05, 4.69) is 24.3 Å². The first kappa shape index (κ1) is 7.61. The van der Waals surface area contributed by atoms with Crippen molar-refractivity contribution in [2.24, 2.45) is 11.8 Å². The second-order valence-electron chi connectivity index (χ2n) is 4.63. The molecule has 0 amide bonds. The molecular weight excluding hydrogens is 156 g/mol. The Hall–Kier alpha value is -0.780. The van der Waals surface area contributed by atoms with Gasteiger partial charge in [-0.15, -0.1) is 0 Å². The van der Waals surface area contributed by atoms with Crippen molar-refractivity contribution in [3.63, 3.8) is 0 Å². The monoisotopic (exact) mass is 172 g/mol. The SMILES string of the molecule is c1ccc2c(c1)C[C@H]1CCC[C@H]1C2. The Morgan fingerprint density at radius 2 is 1.38 bits per heavy atom. The number of fused-ring (bicyclic) bond motifs is 2. The molecule has 0 aromatic heterocycles. The first-order chi connectivity index (χ1) is 6.43. The lowest BCUT2D eigenvalue weighted by atomic mass is 9.78. The average molecular weight is 172 g/mol. The quantitative estimate of drug-likeness (QED) is 0.563. The highest BCUT2D eigenvalue weighted by Crippen LogP contribution is 2.40. The summed E-state index contributed by atoms with van der Waals surface area (Å²) >= 11 is 0. The number of benzene rings is 1. The van der Waals surface area contributed by atoms with Gasteiger partial charge in [0.15, 0.2) is 0 Å². The molecular formula is C13H16. The van der Waals surface area contributed by atoms with Crippen molar-refractivity contribution in [3.05, 3.63) is 35.4 Å². The zero-order valence-corrected chi connectivity index (χ0v) is 8.00. The van der Waals surface area contributed by atoms with Crippen LogP contribution in [-0.4, -0.2) is 0 Å². The fourth-order valence-corrected chi connectivity index (χ4v) is 3.17. The molecule has 0 radical (unpaired) electrons. The van der Waals surface area contributed by atoms with E-state index in [1.165, 1.54) is 32.1 Å². The summed E-state index contributed by atoms with van der Waals surface area (Å²) < 4.78 is 0. The van der Waals surface area contributed by atoms with Crippen LogP contribution in [0.4, 0.5) is 0 Å². The molecule has 0 heteroatoms. The summed E-state index contributed by atoms with van der Waals surface area (Å²) in [5.74, 6) is 2.05. The molecule has 0 nitrogen and oxygen atoms in total. The largest absolute Gasteiger partial charge is 0.0620 e. The average Bonchev–Trinajstić information content (AvgIpc) is 2.61. The third kappa shape index (κ3) is 1.20. The van der Waals surface area contributed by atoms with Crippen LogP contribution in [0.5, 0.6) is 0 Å². The van der Waals surface area contributed by atoms with Gasteiger partial charge in [0.1, 0.15) is 0 Å². The Bertz CT molecular complexity index is 283. The molecule has 0 heterocycles. The van der Waals surface area contributed by atoms with Gasteiger partial charge in [0, 0.05) is 0 Å². The van der Waals surface area contributed by atoms with Crippen molar-refractivity contribution < 1.29 is 0 Å². The first-order valence-electron chi connectivity index (χ1n) is 5.50. The highest BCUT2D eigenvalue weighted by atomic mass is 14.4. The third-order valence-electron chi connectivity index (χ3n) is 3.90. The van der Waals surface area contributed by atoms with Crippen molar-refractivity contribution in [2.45, 2.75) is 32.1 Å². The number of hydrogen-bond acceptors (Lipinski definition) is 0. The number of rotatable bonds is 0. The molecule has 3 rings (SSSR count). The molecule has 0 bridgehead atoms. The van der Waals surface area contributed by atoms with Crippen molar-refractivity contribution >= 4 is 0 Å². The smallest absolute Gasteiger partial charge is 0.0245 e. The van der Waals surface area contributed by atoms with E-state index in [1.54, 1.807) is 11.1 Å². The van der Waals surface area contributed by atoms with Gasteiger partial charge < -0.3 is 0 Å². The molecule has 2 aliphatic carbocycles. The van der Waals surface area contributed by atoms with E-state index in [0.29, 0.717) is 0 Å². The van der Waals surface area contributed by atoms with Crippen molar-refractivity contribution in [1.29, 1.82) is 0 Å². The summed E-state index contributed by atoms with van der Waals surface area (Å²) in [5, 5.41) is 0. The van der Waals surface area contributed by atoms with Gasteiger partial charge in [-0.05, 0) is 48.6 Å². The van der Waals surface area contributed by atoms with Crippen LogP contribution in [0, 0.1) is 11.8 Å². The van der Waals surface area contributed by atoms with Gasteiger partial charge in [0.05, 0.1) is 0 Å². The zero-order valence-electron chi connectivity index (χ0n) is 8.00. The molecule has 1 aromatic rings. The van der Waals surface area contributed by atoms with Crippen molar-refractivity contribution in [3.8, 4) is 0 Å². The van der Waals surface area contributed by atoms with Crippen molar-refractivity contribution in [2.75, 3.05) is 0 Å². The van der Waals surface area contributed by atoms with E-state index in [-0.39, 0.29) is 0 Å². The lowest BCUT2D eigenvalue weighted by molar-refractivity contribution is 0.361. The lowest BCUT2D eigenvalue weighted by Gasteiger charge is -2.27. The fraction of sp³-hybridized carbons (Fsp3) is 0.538. The van der Waals surface area contributed by atoms with E-state index >= 15 is 0 Å². The number of hydrogen-bond donors (Lipinski definition) is 0. The van der Waals surface area contributed by atoms with Crippen LogP contribution in [0.25, 0.3) is 0 Å². The van der Waals surface area contributed by atoms with Gasteiger partial charge >= 0.3 is 0 Å². The Kier molecular flexibility index (Phi) is 1.68. The maximum atomic E-state index is 2.32. The predicted octanol–water partition coefficient (Wildman–Crippen LogP) is 3.20. The standard InChI is InChI=1S/C13H16/c1-2-5-11-9-13-7-3-6-12(13)8-10(11)4-1/h1-2,4-5,12-13H,3,6-9H2/t12-,13+. The van der Waals surface area contributed by atoms with Crippen LogP contribution in [0.2, 0.25) is 0 Å². The molecule has 0 unspecified atom stereocenters. The van der Waals surface area contributed by atoms with E-state index < -0.39 is 0 Å². The lowest BCUT2D eigenvalue weighted by Crippen LogP contribution is -2.20.